The highest BCUT2D eigenvalue weighted by atomic mass is 16.3. The molecule has 1 nitrogen and oxygen atoms in total. The second kappa shape index (κ2) is 8.30. The molecule has 0 aromatic rings. The van der Waals surface area contributed by atoms with Crippen LogP contribution in [-0.4, -0.2) is 11.2 Å². The highest BCUT2D eigenvalue weighted by Gasteiger charge is 2.44. The van der Waals surface area contributed by atoms with Crippen molar-refractivity contribution >= 4 is 0 Å². The molecule has 0 unspecified atom stereocenters. The fourth-order valence-electron chi connectivity index (χ4n) is 2.53. The highest BCUT2D eigenvalue weighted by molar-refractivity contribution is 5.32. The predicted molar refractivity (Wildman–Crippen MR) is 77.0 cm³/mol. The minimum atomic E-state index is -0.116. The Labute approximate surface area is 107 Å². The van der Waals surface area contributed by atoms with Crippen LogP contribution >= 0.6 is 0 Å². The normalized spacial score (nSPS) is 27.5. The summed E-state index contributed by atoms with van der Waals surface area (Å²) < 4.78 is 0. The van der Waals surface area contributed by atoms with E-state index in [1.165, 1.54) is 18.4 Å². The van der Waals surface area contributed by atoms with Crippen molar-refractivity contribution in [2.24, 2.45) is 5.41 Å². The average molecular weight is 236 g/mol. The monoisotopic (exact) mass is 236 g/mol. The quantitative estimate of drug-likeness (QED) is 0.666. The van der Waals surface area contributed by atoms with E-state index >= 15 is 0 Å². The standard InChI is InChI=1S/C14H22O.C2H6/c1-4-7-9-14(10-13(15)11-14)12(6-3)8-5-2;1-2/h5-6,8,13,15H,2-4,7,9-11H2,1H3;1-2H3/b12-8+;. The van der Waals surface area contributed by atoms with Gasteiger partial charge in [-0.1, -0.05) is 65.0 Å². The molecule has 1 aliphatic carbocycles. The van der Waals surface area contributed by atoms with Crippen LogP contribution in [0.15, 0.2) is 37.0 Å². The third kappa shape index (κ3) is 4.16. The van der Waals surface area contributed by atoms with Crippen LogP contribution in [0.2, 0.25) is 0 Å². The van der Waals surface area contributed by atoms with E-state index in [2.05, 4.69) is 20.1 Å². The molecule has 0 aromatic carbocycles. The summed E-state index contributed by atoms with van der Waals surface area (Å²) >= 11 is 0. The zero-order chi connectivity index (χ0) is 13.3. The lowest BCUT2D eigenvalue weighted by atomic mass is 9.60. The van der Waals surface area contributed by atoms with Gasteiger partial charge in [-0.15, -0.1) is 0 Å². The van der Waals surface area contributed by atoms with Crippen molar-refractivity contribution in [1.29, 1.82) is 0 Å². The van der Waals surface area contributed by atoms with E-state index in [0.29, 0.717) is 0 Å². The first-order valence-corrected chi connectivity index (χ1v) is 6.82. The molecule has 1 saturated carbocycles. The van der Waals surface area contributed by atoms with E-state index in [1.54, 1.807) is 0 Å². The average Bonchev–Trinajstić information content (AvgIpc) is 2.33. The third-order valence-corrected chi connectivity index (χ3v) is 3.39. The summed E-state index contributed by atoms with van der Waals surface area (Å²) in [5.41, 5.74) is 1.43. The number of allylic oxidation sites excluding steroid dienone is 4. The van der Waals surface area contributed by atoms with E-state index in [1.807, 2.05) is 32.1 Å². The van der Waals surface area contributed by atoms with E-state index in [-0.39, 0.29) is 11.5 Å². The highest BCUT2D eigenvalue weighted by Crippen LogP contribution is 2.51. The molecule has 98 valence electrons. The molecule has 1 heteroatoms. The second-order valence-electron chi connectivity index (χ2n) is 4.51. The molecule has 0 bridgehead atoms. The van der Waals surface area contributed by atoms with Gasteiger partial charge >= 0.3 is 0 Å². The molecular weight excluding hydrogens is 208 g/mol. The molecule has 17 heavy (non-hydrogen) atoms. The number of hydrogen-bond donors (Lipinski definition) is 1. The van der Waals surface area contributed by atoms with E-state index < -0.39 is 0 Å². The summed E-state index contributed by atoms with van der Waals surface area (Å²) in [6.07, 6.45) is 11.0. The lowest BCUT2D eigenvalue weighted by molar-refractivity contribution is -0.0126. The maximum absolute atomic E-state index is 9.51. The van der Waals surface area contributed by atoms with Crippen molar-refractivity contribution < 1.29 is 5.11 Å². The van der Waals surface area contributed by atoms with Gasteiger partial charge in [0.05, 0.1) is 6.10 Å². The summed E-state index contributed by atoms with van der Waals surface area (Å²) in [6.45, 7) is 13.8. The molecule has 1 fully saturated rings. The molecule has 0 amide bonds. The molecule has 0 aromatic heterocycles. The van der Waals surface area contributed by atoms with Gasteiger partial charge in [-0.3, -0.25) is 0 Å². The van der Waals surface area contributed by atoms with Crippen LogP contribution in [0.4, 0.5) is 0 Å². The Morgan fingerprint density at radius 2 is 1.94 bits per heavy atom. The van der Waals surface area contributed by atoms with Gasteiger partial charge in [-0.25, -0.2) is 0 Å². The number of unbranched alkanes of at least 4 members (excludes halogenated alkanes) is 1. The summed E-state index contributed by atoms with van der Waals surface area (Å²) in [5.74, 6) is 0. The lowest BCUT2D eigenvalue weighted by Crippen LogP contribution is -2.42. The van der Waals surface area contributed by atoms with Crippen LogP contribution in [0, 0.1) is 5.41 Å². The largest absolute Gasteiger partial charge is 0.393 e. The second-order valence-corrected chi connectivity index (χ2v) is 4.51. The number of hydrogen-bond acceptors (Lipinski definition) is 1. The van der Waals surface area contributed by atoms with Crippen molar-refractivity contribution in [2.75, 3.05) is 0 Å². The SMILES string of the molecule is C=C/C=C(\C=C)C1(CCCC)CC(O)C1.CC. The Morgan fingerprint density at radius 3 is 2.29 bits per heavy atom. The van der Waals surface area contributed by atoms with Crippen molar-refractivity contribution in [2.45, 2.75) is 59.0 Å². The van der Waals surface area contributed by atoms with Crippen molar-refractivity contribution in [1.82, 2.24) is 0 Å². The predicted octanol–water partition coefficient (Wildman–Crippen LogP) is 4.64. The number of rotatable bonds is 6. The molecule has 0 spiro atoms. The molecule has 1 aliphatic rings. The number of aliphatic hydroxyl groups is 1. The molecule has 0 radical (unpaired) electrons. The van der Waals surface area contributed by atoms with Crippen LogP contribution in [-0.2, 0) is 0 Å². The fourth-order valence-corrected chi connectivity index (χ4v) is 2.53. The molecule has 0 saturated heterocycles. The Kier molecular flexibility index (Phi) is 7.90. The first kappa shape index (κ1) is 16.2. The maximum Gasteiger partial charge on any atom is 0.0557 e. The Balaban J connectivity index is 0.00000121. The topological polar surface area (TPSA) is 20.2 Å². The van der Waals surface area contributed by atoms with Crippen LogP contribution in [0.1, 0.15) is 52.9 Å². The Hall–Kier alpha value is -0.820. The van der Waals surface area contributed by atoms with Gasteiger partial charge in [0.15, 0.2) is 0 Å². The minimum Gasteiger partial charge on any atom is -0.393 e. The van der Waals surface area contributed by atoms with Gasteiger partial charge in [0.1, 0.15) is 0 Å². The van der Waals surface area contributed by atoms with Crippen LogP contribution < -0.4 is 0 Å². The molecule has 0 aliphatic heterocycles. The third-order valence-electron chi connectivity index (χ3n) is 3.39. The van der Waals surface area contributed by atoms with E-state index in [0.717, 1.165) is 19.3 Å². The number of aliphatic hydroxyl groups excluding tert-OH is 1. The van der Waals surface area contributed by atoms with Gasteiger partial charge in [-0.05, 0) is 24.8 Å². The zero-order valence-electron chi connectivity index (χ0n) is 11.7. The summed E-state index contributed by atoms with van der Waals surface area (Å²) in [5, 5.41) is 9.51. The van der Waals surface area contributed by atoms with Crippen LogP contribution in [0.3, 0.4) is 0 Å². The van der Waals surface area contributed by atoms with E-state index in [4.69, 9.17) is 0 Å². The first-order valence-electron chi connectivity index (χ1n) is 6.82. The van der Waals surface area contributed by atoms with Crippen LogP contribution in [0.25, 0.3) is 0 Å². The summed E-state index contributed by atoms with van der Waals surface area (Å²) in [7, 11) is 0. The van der Waals surface area contributed by atoms with Gasteiger partial charge in [-0.2, -0.15) is 0 Å². The van der Waals surface area contributed by atoms with Gasteiger partial charge in [0, 0.05) is 5.41 Å². The van der Waals surface area contributed by atoms with Gasteiger partial charge in [0.2, 0.25) is 0 Å². The molecule has 0 atom stereocenters. The van der Waals surface area contributed by atoms with Gasteiger partial charge < -0.3 is 5.11 Å². The van der Waals surface area contributed by atoms with Gasteiger partial charge in [0.25, 0.3) is 0 Å². The zero-order valence-corrected chi connectivity index (χ0v) is 11.7. The summed E-state index contributed by atoms with van der Waals surface area (Å²) in [4.78, 5) is 0. The van der Waals surface area contributed by atoms with Crippen LogP contribution in [0.5, 0.6) is 0 Å². The lowest BCUT2D eigenvalue weighted by Gasteiger charge is -2.47. The molecule has 0 heterocycles. The first-order chi connectivity index (χ1) is 8.18. The van der Waals surface area contributed by atoms with Crippen molar-refractivity contribution in [3.63, 3.8) is 0 Å². The van der Waals surface area contributed by atoms with Crippen molar-refractivity contribution in [3.8, 4) is 0 Å². The minimum absolute atomic E-state index is 0.116. The molecule has 1 rings (SSSR count). The Morgan fingerprint density at radius 1 is 1.35 bits per heavy atom. The fraction of sp³-hybridized carbons (Fsp3) is 0.625. The molecular formula is C16H28O. The Bertz CT molecular complexity index is 257. The molecule has 1 N–H and O–H groups in total. The van der Waals surface area contributed by atoms with Crippen molar-refractivity contribution in [3.05, 3.63) is 37.0 Å². The summed E-state index contributed by atoms with van der Waals surface area (Å²) in [6, 6.07) is 0. The smallest absolute Gasteiger partial charge is 0.0557 e. The van der Waals surface area contributed by atoms with E-state index in [9.17, 15) is 5.11 Å². The maximum atomic E-state index is 9.51.